The summed E-state index contributed by atoms with van der Waals surface area (Å²) >= 11 is 1.45. The lowest BCUT2D eigenvalue weighted by Crippen LogP contribution is -2.41. The average Bonchev–Trinajstić information content (AvgIpc) is 2.71. The zero-order chi connectivity index (χ0) is 14.6. The van der Waals surface area contributed by atoms with Crippen molar-refractivity contribution in [3.8, 4) is 0 Å². The van der Waals surface area contributed by atoms with Crippen molar-refractivity contribution in [1.29, 1.82) is 0 Å². The number of amides is 1. The summed E-state index contributed by atoms with van der Waals surface area (Å²) in [6.07, 6.45) is 2.40. The number of carboxylic acids is 1. The maximum Gasteiger partial charge on any atom is 0.326 e. The highest BCUT2D eigenvalue weighted by Gasteiger charge is 2.26. The van der Waals surface area contributed by atoms with Gasteiger partial charge in [-0.15, -0.1) is 11.3 Å². The third kappa shape index (κ3) is 3.56. The fourth-order valence-electron chi connectivity index (χ4n) is 2.07. The minimum atomic E-state index is -0.958. The van der Waals surface area contributed by atoms with Crippen molar-refractivity contribution < 1.29 is 14.7 Å². The number of aryl methyl sites for hydroxylation is 2. The number of carboxylic acid groups (broad SMARTS) is 1. The normalized spacial score (nSPS) is 12.2. The van der Waals surface area contributed by atoms with Gasteiger partial charge in [0.15, 0.2) is 0 Å². The first-order chi connectivity index (χ1) is 8.92. The van der Waals surface area contributed by atoms with E-state index in [4.69, 9.17) is 5.11 Å². The predicted molar refractivity (Wildman–Crippen MR) is 76.9 cm³/mol. The van der Waals surface area contributed by atoms with Gasteiger partial charge in [-0.3, -0.25) is 4.79 Å². The van der Waals surface area contributed by atoms with Crippen molar-refractivity contribution >= 4 is 23.2 Å². The van der Waals surface area contributed by atoms with Crippen LogP contribution in [0.5, 0.6) is 0 Å². The molecule has 0 bridgehead atoms. The Balaban J connectivity index is 2.93. The van der Waals surface area contributed by atoms with Gasteiger partial charge >= 0.3 is 5.97 Å². The highest BCUT2D eigenvalue weighted by Crippen LogP contribution is 2.24. The molecule has 1 unspecified atom stereocenters. The van der Waals surface area contributed by atoms with Gasteiger partial charge in [-0.1, -0.05) is 20.3 Å². The van der Waals surface area contributed by atoms with Crippen LogP contribution in [0.4, 0.5) is 0 Å². The van der Waals surface area contributed by atoms with Crippen molar-refractivity contribution in [2.75, 3.05) is 7.05 Å². The highest BCUT2D eigenvalue weighted by atomic mass is 32.1. The van der Waals surface area contributed by atoms with Crippen LogP contribution >= 0.6 is 11.3 Å². The molecular formula is C14H21NO3S. The summed E-state index contributed by atoms with van der Waals surface area (Å²) in [6, 6.07) is 1.14. The second-order valence-corrected chi connectivity index (χ2v) is 5.88. The van der Waals surface area contributed by atoms with Crippen molar-refractivity contribution in [1.82, 2.24) is 4.90 Å². The maximum absolute atomic E-state index is 12.3. The van der Waals surface area contributed by atoms with E-state index in [0.29, 0.717) is 11.3 Å². The van der Waals surface area contributed by atoms with E-state index in [0.717, 1.165) is 17.7 Å². The molecule has 5 heteroatoms. The maximum atomic E-state index is 12.3. The van der Waals surface area contributed by atoms with Crippen LogP contribution in [-0.2, 0) is 11.2 Å². The molecule has 0 aliphatic carbocycles. The molecule has 0 radical (unpaired) electrons. The van der Waals surface area contributed by atoms with Gasteiger partial charge in [-0.2, -0.15) is 0 Å². The van der Waals surface area contributed by atoms with Gasteiger partial charge < -0.3 is 10.0 Å². The van der Waals surface area contributed by atoms with Gasteiger partial charge in [0, 0.05) is 11.9 Å². The lowest BCUT2D eigenvalue weighted by atomic mass is 10.1. The van der Waals surface area contributed by atoms with Gasteiger partial charge in [0.1, 0.15) is 6.04 Å². The molecule has 4 nitrogen and oxygen atoms in total. The second-order valence-electron chi connectivity index (χ2n) is 4.62. The van der Waals surface area contributed by atoms with Crippen LogP contribution < -0.4 is 0 Å². The van der Waals surface area contributed by atoms with Crippen LogP contribution in [-0.4, -0.2) is 35.0 Å². The number of hydrogen-bond donors (Lipinski definition) is 1. The second kappa shape index (κ2) is 6.70. The number of carbonyl (C=O) groups excluding carboxylic acids is 1. The van der Waals surface area contributed by atoms with E-state index in [9.17, 15) is 9.59 Å². The Morgan fingerprint density at radius 2 is 2.05 bits per heavy atom. The number of aliphatic carboxylic acids is 1. The first kappa shape index (κ1) is 15.7. The molecule has 1 atom stereocenters. The molecular weight excluding hydrogens is 262 g/mol. The number of hydrogen-bond acceptors (Lipinski definition) is 3. The van der Waals surface area contributed by atoms with Crippen LogP contribution in [0.2, 0.25) is 0 Å². The molecule has 0 aliphatic rings. The first-order valence-electron chi connectivity index (χ1n) is 6.51. The first-order valence-corrected chi connectivity index (χ1v) is 7.33. The van der Waals surface area contributed by atoms with Crippen LogP contribution in [0.1, 0.15) is 46.8 Å². The lowest BCUT2D eigenvalue weighted by molar-refractivity contribution is -0.142. The van der Waals surface area contributed by atoms with E-state index in [-0.39, 0.29) is 5.91 Å². The molecule has 19 heavy (non-hydrogen) atoms. The van der Waals surface area contributed by atoms with Gasteiger partial charge in [-0.25, -0.2) is 4.79 Å². The molecule has 106 valence electrons. The Morgan fingerprint density at radius 3 is 2.53 bits per heavy atom. The van der Waals surface area contributed by atoms with Gasteiger partial charge in [0.2, 0.25) is 0 Å². The van der Waals surface area contributed by atoms with Crippen LogP contribution in [0.25, 0.3) is 0 Å². The van der Waals surface area contributed by atoms with E-state index in [1.165, 1.54) is 21.8 Å². The zero-order valence-corrected chi connectivity index (χ0v) is 12.7. The van der Waals surface area contributed by atoms with E-state index < -0.39 is 12.0 Å². The molecule has 0 saturated carbocycles. The van der Waals surface area contributed by atoms with Crippen molar-refractivity contribution in [3.63, 3.8) is 0 Å². The topological polar surface area (TPSA) is 57.6 Å². The molecule has 1 amide bonds. The van der Waals surface area contributed by atoms with Crippen LogP contribution in [0.15, 0.2) is 6.07 Å². The summed E-state index contributed by atoms with van der Waals surface area (Å²) < 4.78 is 0. The Hall–Kier alpha value is -1.36. The number of nitrogens with zero attached hydrogens (tertiary/aromatic N) is 1. The third-order valence-electron chi connectivity index (χ3n) is 3.21. The molecule has 1 rings (SSSR count). The Kier molecular flexibility index (Phi) is 5.54. The summed E-state index contributed by atoms with van der Waals surface area (Å²) in [5, 5.41) is 9.09. The number of likely N-dealkylation sites (N-methyl/N-ethyl adjacent to an activating group) is 1. The minimum Gasteiger partial charge on any atom is -0.480 e. The van der Waals surface area contributed by atoms with Crippen LogP contribution in [0.3, 0.4) is 0 Å². The molecule has 0 saturated heterocycles. The van der Waals surface area contributed by atoms with Gasteiger partial charge in [0.25, 0.3) is 5.91 Å². The largest absolute Gasteiger partial charge is 0.480 e. The summed E-state index contributed by atoms with van der Waals surface area (Å²) in [4.78, 5) is 26.5. The zero-order valence-electron chi connectivity index (χ0n) is 11.9. The Morgan fingerprint density at radius 1 is 1.42 bits per heavy atom. The fourth-order valence-corrected chi connectivity index (χ4v) is 3.13. The van der Waals surface area contributed by atoms with Crippen molar-refractivity contribution in [2.24, 2.45) is 0 Å². The van der Waals surface area contributed by atoms with E-state index >= 15 is 0 Å². The van der Waals surface area contributed by atoms with Crippen molar-refractivity contribution in [3.05, 3.63) is 21.4 Å². The summed E-state index contributed by atoms with van der Waals surface area (Å²) in [5.41, 5.74) is 1.19. The SMILES string of the molecule is CCCc1cc(C(=O)N(C)C(CC)C(=O)O)sc1C. The van der Waals surface area contributed by atoms with Crippen molar-refractivity contribution in [2.45, 2.75) is 46.1 Å². The number of thiophene rings is 1. The standard InChI is InChI=1S/C14H21NO3S/c1-5-7-10-8-12(19-9(10)3)13(16)15(4)11(6-2)14(17)18/h8,11H,5-7H2,1-4H3,(H,17,18). The molecule has 1 heterocycles. The summed E-state index contributed by atoms with van der Waals surface area (Å²) in [6.45, 7) is 5.87. The predicted octanol–water partition coefficient (Wildman–Crippen LogP) is 2.94. The lowest BCUT2D eigenvalue weighted by Gasteiger charge is -2.23. The number of rotatable bonds is 6. The van der Waals surface area contributed by atoms with E-state index in [2.05, 4.69) is 6.92 Å². The van der Waals surface area contributed by atoms with Gasteiger partial charge in [0.05, 0.1) is 4.88 Å². The number of carbonyl (C=O) groups is 2. The average molecular weight is 283 g/mol. The van der Waals surface area contributed by atoms with E-state index in [1.807, 2.05) is 13.0 Å². The molecule has 1 N–H and O–H groups in total. The van der Waals surface area contributed by atoms with Gasteiger partial charge in [-0.05, 0) is 31.4 Å². The molecule has 0 spiro atoms. The third-order valence-corrected chi connectivity index (χ3v) is 4.29. The Labute approximate surface area is 118 Å². The molecule has 1 aromatic rings. The Bertz CT molecular complexity index is 467. The smallest absolute Gasteiger partial charge is 0.326 e. The quantitative estimate of drug-likeness (QED) is 0.873. The molecule has 0 fully saturated rings. The van der Waals surface area contributed by atoms with E-state index in [1.54, 1.807) is 14.0 Å². The van der Waals surface area contributed by atoms with Crippen LogP contribution in [0, 0.1) is 6.92 Å². The summed E-state index contributed by atoms with van der Waals surface area (Å²) in [5.74, 6) is -1.16. The molecule has 1 aromatic heterocycles. The minimum absolute atomic E-state index is 0.204. The molecule has 0 aromatic carbocycles. The highest BCUT2D eigenvalue weighted by molar-refractivity contribution is 7.14. The summed E-state index contributed by atoms with van der Waals surface area (Å²) in [7, 11) is 1.55. The molecule has 0 aliphatic heterocycles. The fraction of sp³-hybridized carbons (Fsp3) is 0.571. The monoisotopic (exact) mass is 283 g/mol.